The van der Waals surface area contributed by atoms with E-state index in [9.17, 15) is 4.79 Å². The van der Waals surface area contributed by atoms with Crippen LogP contribution in [0, 0.1) is 0 Å². The van der Waals surface area contributed by atoms with Crippen molar-refractivity contribution in [2.45, 2.75) is 0 Å². The summed E-state index contributed by atoms with van der Waals surface area (Å²) in [5.74, 6) is -0.203. The van der Waals surface area contributed by atoms with Gasteiger partial charge in [0.05, 0.1) is 22.4 Å². The lowest BCUT2D eigenvalue weighted by atomic mass is 10.3. The molecule has 114 valence electrons. The maximum absolute atomic E-state index is 12.4. The minimum atomic E-state index is -0.203. The Morgan fingerprint density at radius 2 is 2.29 bits per heavy atom. The van der Waals surface area contributed by atoms with Crippen molar-refractivity contribution in [2.24, 2.45) is 0 Å². The number of hydrogen-bond acceptors (Lipinski definition) is 6. The van der Waals surface area contributed by atoms with Crippen LogP contribution in [-0.2, 0) is 4.74 Å². The maximum atomic E-state index is 12.4. The van der Waals surface area contributed by atoms with Crippen LogP contribution >= 0.6 is 34.3 Å². The van der Waals surface area contributed by atoms with E-state index in [1.165, 1.54) is 27.6 Å². The molecule has 0 unspecified atom stereocenters. The molecule has 0 spiro atoms. The fraction of sp³-hybridized carbons (Fsp3) is 0.385. The third kappa shape index (κ3) is 4.24. The van der Waals surface area contributed by atoms with Gasteiger partial charge in [-0.05, 0) is 12.1 Å². The smallest absolute Gasteiger partial charge is 0.273 e. The maximum Gasteiger partial charge on any atom is 0.273 e. The lowest BCUT2D eigenvalue weighted by Gasteiger charge is -2.20. The number of aromatic nitrogens is 1. The monoisotopic (exact) mass is 346 g/mol. The third-order valence-corrected chi connectivity index (χ3v) is 4.97. The van der Waals surface area contributed by atoms with Gasteiger partial charge in [0.15, 0.2) is 0 Å². The summed E-state index contributed by atoms with van der Waals surface area (Å²) in [5.41, 5.74) is 0.379. The molecule has 0 bridgehead atoms. The van der Waals surface area contributed by atoms with Crippen LogP contribution in [0.15, 0.2) is 17.5 Å². The van der Waals surface area contributed by atoms with E-state index < -0.39 is 0 Å². The van der Waals surface area contributed by atoms with Crippen molar-refractivity contribution in [1.82, 2.24) is 9.88 Å². The summed E-state index contributed by atoms with van der Waals surface area (Å²) in [6, 6.07) is 3.69. The van der Waals surface area contributed by atoms with Crippen molar-refractivity contribution in [2.75, 3.05) is 33.4 Å². The van der Waals surface area contributed by atoms with Crippen LogP contribution in [0.2, 0.25) is 4.34 Å². The van der Waals surface area contributed by atoms with Gasteiger partial charge in [0.25, 0.3) is 5.91 Å². The number of ether oxygens (including phenoxy) is 1. The summed E-state index contributed by atoms with van der Waals surface area (Å²) < 4.78 is 5.67. The van der Waals surface area contributed by atoms with Crippen LogP contribution < -0.4 is 0 Å². The van der Waals surface area contributed by atoms with Gasteiger partial charge in [-0.2, -0.15) is 0 Å². The van der Waals surface area contributed by atoms with Gasteiger partial charge in [-0.1, -0.05) is 11.6 Å². The molecule has 0 atom stereocenters. The molecule has 0 aliphatic carbocycles. The number of carbonyl (C=O) groups excluding carboxylic acids is 1. The molecule has 8 heteroatoms. The molecule has 0 saturated carbocycles. The van der Waals surface area contributed by atoms with Crippen molar-refractivity contribution in [1.29, 1.82) is 0 Å². The van der Waals surface area contributed by atoms with Crippen LogP contribution in [0.25, 0.3) is 9.88 Å². The second-order valence-electron chi connectivity index (χ2n) is 4.15. The average Bonchev–Trinajstić information content (AvgIpc) is 3.11. The highest BCUT2D eigenvalue weighted by Crippen LogP contribution is 2.33. The zero-order valence-electron chi connectivity index (χ0n) is 11.4. The van der Waals surface area contributed by atoms with Crippen molar-refractivity contribution in [3.8, 4) is 9.88 Å². The first kappa shape index (κ1) is 16.4. The summed E-state index contributed by atoms with van der Waals surface area (Å²) in [6.45, 7) is 1.02. The van der Waals surface area contributed by atoms with Crippen molar-refractivity contribution < 1.29 is 14.6 Å². The van der Waals surface area contributed by atoms with E-state index in [2.05, 4.69) is 4.98 Å². The number of aliphatic hydroxyl groups is 1. The van der Waals surface area contributed by atoms with E-state index in [-0.39, 0.29) is 19.1 Å². The summed E-state index contributed by atoms with van der Waals surface area (Å²) >= 11 is 8.74. The lowest BCUT2D eigenvalue weighted by Crippen LogP contribution is -2.36. The van der Waals surface area contributed by atoms with Crippen molar-refractivity contribution in [3.63, 3.8) is 0 Å². The number of methoxy groups -OCH3 is 1. The quantitative estimate of drug-likeness (QED) is 0.837. The Balaban J connectivity index is 2.13. The number of halogens is 1. The fourth-order valence-corrected chi connectivity index (χ4v) is 3.62. The van der Waals surface area contributed by atoms with Crippen molar-refractivity contribution in [3.05, 3.63) is 27.5 Å². The molecule has 2 heterocycles. The molecule has 0 saturated heterocycles. The van der Waals surface area contributed by atoms with E-state index >= 15 is 0 Å². The number of hydrogen-bond donors (Lipinski definition) is 1. The summed E-state index contributed by atoms with van der Waals surface area (Å²) in [6.07, 6.45) is 0. The predicted molar refractivity (Wildman–Crippen MR) is 85.3 cm³/mol. The normalized spacial score (nSPS) is 10.8. The number of nitrogens with zero attached hydrogens (tertiary/aromatic N) is 2. The molecular weight excluding hydrogens is 332 g/mol. The minimum Gasteiger partial charge on any atom is -0.395 e. The number of thiophene rings is 1. The molecular formula is C13H15ClN2O3S2. The Labute approximate surface area is 135 Å². The molecule has 0 aliphatic heterocycles. The van der Waals surface area contributed by atoms with Gasteiger partial charge in [-0.15, -0.1) is 22.7 Å². The summed E-state index contributed by atoms with van der Waals surface area (Å²) in [5, 5.41) is 11.5. The highest BCUT2D eigenvalue weighted by molar-refractivity contribution is 7.23. The zero-order valence-corrected chi connectivity index (χ0v) is 13.8. The largest absolute Gasteiger partial charge is 0.395 e. The molecule has 2 aromatic rings. The average molecular weight is 347 g/mol. The molecule has 2 rings (SSSR count). The highest BCUT2D eigenvalue weighted by atomic mass is 35.5. The van der Waals surface area contributed by atoms with Gasteiger partial charge in [0.1, 0.15) is 10.7 Å². The Morgan fingerprint density at radius 3 is 2.90 bits per heavy atom. The standard InChI is InChI=1S/C13H15ClN2O3S2/c1-19-7-5-16(4-6-17)13(18)9-8-20-12(15-9)10-2-3-11(14)21-10/h2-3,8,17H,4-7H2,1H3. The van der Waals surface area contributed by atoms with E-state index in [0.717, 1.165) is 9.88 Å². The van der Waals surface area contributed by atoms with Crippen LogP contribution in [0.4, 0.5) is 0 Å². The minimum absolute atomic E-state index is 0.0903. The molecule has 5 nitrogen and oxygen atoms in total. The first-order valence-corrected chi connectivity index (χ1v) is 8.33. The van der Waals surface area contributed by atoms with Gasteiger partial charge in [0.2, 0.25) is 0 Å². The van der Waals surface area contributed by atoms with Crippen LogP contribution in [0.3, 0.4) is 0 Å². The number of thiazole rings is 1. The number of rotatable bonds is 7. The summed E-state index contributed by atoms with van der Waals surface area (Å²) in [4.78, 5) is 19.2. The SMILES string of the molecule is COCCN(CCO)C(=O)c1csc(-c2ccc(Cl)s2)n1. The molecule has 1 amide bonds. The van der Waals surface area contributed by atoms with Crippen LogP contribution in [0.1, 0.15) is 10.5 Å². The first-order valence-electron chi connectivity index (χ1n) is 6.26. The fourth-order valence-electron chi connectivity index (χ4n) is 1.71. The second kappa shape index (κ2) is 7.86. The predicted octanol–water partition coefficient (Wildman–Crippen LogP) is 2.61. The molecule has 0 aromatic carbocycles. The molecule has 2 aromatic heterocycles. The molecule has 21 heavy (non-hydrogen) atoms. The van der Waals surface area contributed by atoms with E-state index in [1.807, 2.05) is 6.07 Å². The zero-order chi connectivity index (χ0) is 15.2. The van der Waals surface area contributed by atoms with Gasteiger partial charge < -0.3 is 14.7 Å². The Kier molecular flexibility index (Phi) is 6.13. The number of carbonyl (C=O) groups is 1. The van der Waals surface area contributed by atoms with E-state index in [1.54, 1.807) is 18.6 Å². The van der Waals surface area contributed by atoms with Gasteiger partial charge in [0, 0.05) is 25.6 Å². The van der Waals surface area contributed by atoms with Gasteiger partial charge in [-0.3, -0.25) is 4.79 Å². The number of aliphatic hydroxyl groups excluding tert-OH is 1. The van der Waals surface area contributed by atoms with Crippen LogP contribution in [0.5, 0.6) is 0 Å². The molecule has 1 N–H and O–H groups in total. The molecule has 0 aliphatic rings. The van der Waals surface area contributed by atoms with Crippen molar-refractivity contribution >= 4 is 40.2 Å². The third-order valence-electron chi connectivity index (χ3n) is 2.73. The first-order chi connectivity index (χ1) is 10.2. The van der Waals surface area contributed by atoms with E-state index in [0.29, 0.717) is 23.2 Å². The van der Waals surface area contributed by atoms with Gasteiger partial charge in [-0.25, -0.2) is 4.98 Å². The topological polar surface area (TPSA) is 62.7 Å². The van der Waals surface area contributed by atoms with Gasteiger partial charge >= 0.3 is 0 Å². The molecule has 0 radical (unpaired) electrons. The Morgan fingerprint density at radius 1 is 1.48 bits per heavy atom. The Hall–Kier alpha value is -0.990. The number of amides is 1. The lowest BCUT2D eigenvalue weighted by molar-refractivity contribution is 0.0651. The summed E-state index contributed by atoms with van der Waals surface area (Å²) in [7, 11) is 1.57. The second-order valence-corrected chi connectivity index (χ2v) is 6.72. The highest BCUT2D eigenvalue weighted by Gasteiger charge is 2.19. The van der Waals surface area contributed by atoms with Crippen LogP contribution in [-0.4, -0.2) is 54.3 Å². The molecule has 0 fully saturated rings. The Bertz CT molecular complexity index is 600. The van der Waals surface area contributed by atoms with E-state index in [4.69, 9.17) is 21.4 Å².